The Morgan fingerprint density at radius 3 is 2.63 bits per heavy atom. The molecule has 0 saturated carbocycles. The molecule has 0 amide bonds. The van der Waals surface area contributed by atoms with Gasteiger partial charge in [-0.2, -0.15) is 0 Å². The molecule has 2 atom stereocenters. The van der Waals surface area contributed by atoms with E-state index in [1.165, 1.54) is 0 Å². The predicted octanol–water partition coefficient (Wildman–Crippen LogP) is 1.74. The maximum atomic E-state index is 12.2. The standard InChI is InChI=1S/C12H20N2O3S.ClH/c1-8-6-11(4-5-13-8)14-18(15,16)12-7-9(2)17-10(12)3;/h7-8,11,13-14H,4-6H2,1-3H3;1H. The number of hydrogen-bond acceptors (Lipinski definition) is 4. The van der Waals surface area contributed by atoms with E-state index in [-0.39, 0.29) is 23.3 Å². The first-order chi connectivity index (χ1) is 8.38. The number of piperidine rings is 1. The Morgan fingerprint density at radius 1 is 1.42 bits per heavy atom. The van der Waals surface area contributed by atoms with Gasteiger partial charge < -0.3 is 9.73 Å². The van der Waals surface area contributed by atoms with Crippen LogP contribution >= 0.6 is 12.4 Å². The predicted molar refractivity (Wildman–Crippen MR) is 76.2 cm³/mol. The molecule has 1 aromatic rings. The molecule has 2 rings (SSSR count). The maximum absolute atomic E-state index is 12.2. The molecular formula is C12H21ClN2O3S. The average Bonchev–Trinajstić information content (AvgIpc) is 2.58. The van der Waals surface area contributed by atoms with Crippen molar-refractivity contribution in [3.63, 3.8) is 0 Å². The van der Waals surface area contributed by atoms with Crippen LogP contribution in [-0.4, -0.2) is 27.0 Å². The second-order valence-electron chi connectivity index (χ2n) is 4.98. The van der Waals surface area contributed by atoms with E-state index in [0.29, 0.717) is 17.6 Å². The highest BCUT2D eigenvalue weighted by atomic mass is 35.5. The van der Waals surface area contributed by atoms with Crippen LogP contribution < -0.4 is 10.0 Å². The molecule has 2 heterocycles. The van der Waals surface area contributed by atoms with Crippen molar-refractivity contribution >= 4 is 22.4 Å². The highest BCUT2D eigenvalue weighted by Gasteiger charge is 2.26. The van der Waals surface area contributed by atoms with Crippen molar-refractivity contribution in [2.24, 2.45) is 0 Å². The molecule has 1 saturated heterocycles. The van der Waals surface area contributed by atoms with Gasteiger partial charge in [0.05, 0.1) is 0 Å². The summed E-state index contributed by atoms with van der Waals surface area (Å²) in [4.78, 5) is 0.256. The van der Waals surface area contributed by atoms with E-state index in [1.54, 1.807) is 19.9 Å². The monoisotopic (exact) mass is 308 g/mol. The fourth-order valence-electron chi connectivity index (χ4n) is 2.40. The van der Waals surface area contributed by atoms with Crippen LogP contribution in [0.4, 0.5) is 0 Å². The van der Waals surface area contributed by atoms with Gasteiger partial charge in [-0.25, -0.2) is 13.1 Å². The van der Waals surface area contributed by atoms with E-state index in [2.05, 4.69) is 17.0 Å². The molecule has 110 valence electrons. The van der Waals surface area contributed by atoms with E-state index < -0.39 is 10.0 Å². The molecule has 1 fully saturated rings. The molecule has 0 aromatic carbocycles. The lowest BCUT2D eigenvalue weighted by Crippen LogP contribution is -2.46. The Kier molecular flexibility index (Phi) is 5.43. The lowest BCUT2D eigenvalue weighted by molar-refractivity contribution is 0.361. The third kappa shape index (κ3) is 3.95. The van der Waals surface area contributed by atoms with E-state index in [1.807, 2.05) is 0 Å². The lowest BCUT2D eigenvalue weighted by atomic mass is 10.0. The third-order valence-electron chi connectivity index (χ3n) is 3.23. The second kappa shape index (κ2) is 6.26. The fraction of sp³-hybridized carbons (Fsp3) is 0.667. The molecule has 2 N–H and O–H groups in total. The van der Waals surface area contributed by atoms with Crippen LogP contribution in [0.25, 0.3) is 0 Å². The number of hydrogen-bond donors (Lipinski definition) is 2. The summed E-state index contributed by atoms with van der Waals surface area (Å²) >= 11 is 0. The minimum atomic E-state index is -3.46. The Hall–Kier alpha value is -0.560. The zero-order valence-electron chi connectivity index (χ0n) is 11.4. The molecule has 1 aliphatic rings. The van der Waals surface area contributed by atoms with Gasteiger partial charge in [-0.15, -0.1) is 12.4 Å². The van der Waals surface area contributed by atoms with Crippen molar-refractivity contribution in [3.8, 4) is 0 Å². The number of halogens is 1. The topological polar surface area (TPSA) is 71.3 Å². The van der Waals surface area contributed by atoms with Crippen LogP contribution in [0, 0.1) is 13.8 Å². The number of sulfonamides is 1. The molecule has 0 radical (unpaired) electrons. The molecule has 0 bridgehead atoms. The molecule has 1 aliphatic heterocycles. The Bertz CT molecular complexity index is 527. The zero-order chi connectivity index (χ0) is 13.3. The van der Waals surface area contributed by atoms with Gasteiger partial charge >= 0.3 is 0 Å². The second-order valence-corrected chi connectivity index (χ2v) is 6.66. The van der Waals surface area contributed by atoms with Crippen molar-refractivity contribution in [1.29, 1.82) is 0 Å². The van der Waals surface area contributed by atoms with Crippen molar-refractivity contribution in [3.05, 3.63) is 17.6 Å². The van der Waals surface area contributed by atoms with Gasteiger partial charge in [0.2, 0.25) is 10.0 Å². The summed E-state index contributed by atoms with van der Waals surface area (Å²) in [7, 11) is -3.46. The summed E-state index contributed by atoms with van der Waals surface area (Å²) in [6, 6.07) is 1.92. The molecule has 1 aromatic heterocycles. The summed E-state index contributed by atoms with van der Waals surface area (Å²) in [5.41, 5.74) is 0. The summed E-state index contributed by atoms with van der Waals surface area (Å²) in [6.45, 7) is 6.33. The van der Waals surface area contributed by atoms with Crippen molar-refractivity contribution in [2.45, 2.75) is 50.6 Å². The number of aryl methyl sites for hydroxylation is 2. The van der Waals surface area contributed by atoms with Crippen LogP contribution in [0.15, 0.2) is 15.4 Å². The van der Waals surface area contributed by atoms with E-state index in [4.69, 9.17) is 4.42 Å². The molecule has 0 spiro atoms. The summed E-state index contributed by atoms with van der Waals surface area (Å²) < 4.78 is 32.5. The SMILES string of the molecule is Cc1cc(S(=O)(=O)NC2CCNC(C)C2)c(C)o1.Cl. The summed E-state index contributed by atoms with van der Waals surface area (Å²) in [5, 5.41) is 3.30. The minimum Gasteiger partial charge on any atom is -0.465 e. The normalized spacial score (nSPS) is 23.9. The van der Waals surface area contributed by atoms with E-state index in [9.17, 15) is 8.42 Å². The van der Waals surface area contributed by atoms with Gasteiger partial charge in [-0.05, 0) is 46.2 Å². The minimum absolute atomic E-state index is 0. The number of rotatable bonds is 3. The quantitative estimate of drug-likeness (QED) is 0.892. The van der Waals surface area contributed by atoms with E-state index >= 15 is 0 Å². The van der Waals surface area contributed by atoms with Crippen LogP contribution in [0.1, 0.15) is 31.3 Å². The third-order valence-corrected chi connectivity index (χ3v) is 4.86. The summed E-state index contributed by atoms with van der Waals surface area (Å²) in [6.07, 6.45) is 1.63. The molecular weight excluding hydrogens is 288 g/mol. The number of nitrogens with one attached hydrogen (secondary N) is 2. The molecule has 7 heteroatoms. The van der Waals surface area contributed by atoms with Crippen LogP contribution in [0.3, 0.4) is 0 Å². The van der Waals surface area contributed by atoms with Crippen LogP contribution in [0.5, 0.6) is 0 Å². The largest absolute Gasteiger partial charge is 0.465 e. The average molecular weight is 309 g/mol. The lowest BCUT2D eigenvalue weighted by Gasteiger charge is -2.28. The Balaban J connectivity index is 0.00000180. The molecule has 5 nitrogen and oxygen atoms in total. The smallest absolute Gasteiger partial charge is 0.244 e. The summed E-state index contributed by atoms with van der Waals surface area (Å²) in [5.74, 6) is 1.06. The van der Waals surface area contributed by atoms with E-state index in [0.717, 1.165) is 19.4 Å². The van der Waals surface area contributed by atoms with Crippen molar-refractivity contribution < 1.29 is 12.8 Å². The fourth-order valence-corrected chi connectivity index (χ4v) is 3.92. The van der Waals surface area contributed by atoms with Crippen molar-refractivity contribution in [2.75, 3.05) is 6.54 Å². The first kappa shape index (κ1) is 16.5. The van der Waals surface area contributed by atoms with Crippen molar-refractivity contribution in [1.82, 2.24) is 10.0 Å². The van der Waals surface area contributed by atoms with Crippen LogP contribution in [-0.2, 0) is 10.0 Å². The highest BCUT2D eigenvalue weighted by molar-refractivity contribution is 7.89. The molecule has 2 unspecified atom stereocenters. The first-order valence-corrected chi connectivity index (χ1v) is 7.69. The molecule has 0 aliphatic carbocycles. The van der Waals surface area contributed by atoms with Gasteiger partial charge in [0.15, 0.2) is 0 Å². The van der Waals surface area contributed by atoms with Gasteiger partial charge in [-0.3, -0.25) is 0 Å². The number of furan rings is 1. The van der Waals surface area contributed by atoms with Gasteiger partial charge in [0.25, 0.3) is 0 Å². The maximum Gasteiger partial charge on any atom is 0.244 e. The van der Waals surface area contributed by atoms with Gasteiger partial charge in [-0.1, -0.05) is 0 Å². The highest BCUT2D eigenvalue weighted by Crippen LogP contribution is 2.20. The Labute approximate surface area is 120 Å². The van der Waals surface area contributed by atoms with Gasteiger partial charge in [0.1, 0.15) is 16.4 Å². The molecule has 19 heavy (non-hydrogen) atoms. The zero-order valence-corrected chi connectivity index (χ0v) is 13.0. The Morgan fingerprint density at radius 2 is 2.11 bits per heavy atom. The van der Waals surface area contributed by atoms with Crippen LogP contribution in [0.2, 0.25) is 0 Å². The first-order valence-electron chi connectivity index (χ1n) is 6.21. The van der Waals surface area contributed by atoms with Gasteiger partial charge in [0, 0.05) is 12.1 Å².